The SMILES string of the molecule is COc1ccc(C(=CC=C(C(=O)Nc2ccn3c2CS[C@@H]3c2cccnc2)S(C)(=O)=O)c2ccc(OC)cc2)cc1. The summed E-state index contributed by atoms with van der Waals surface area (Å²) in [5, 5.41) is 2.87. The first-order chi connectivity index (χ1) is 19.8. The number of allylic oxidation sites excluding steroid dienone is 2. The number of fused-ring (bicyclic) bond motifs is 1. The van der Waals surface area contributed by atoms with Crippen LogP contribution in [0.1, 0.15) is 27.8 Å². The minimum atomic E-state index is -3.87. The highest BCUT2D eigenvalue weighted by Gasteiger charge is 2.28. The number of amides is 1. The first kappa shape index (κ1) is 28.3. The number of carbonyl (C=O) groups excluding carboxylic acids is 1. The lowest BCUT2D eigenvalue weighted by Crippen LogP contribution is -2.20. The Morgan fingerprint density at radius 3 is 2.15 bits per heavy atom. The molecule has 2 aromatic heterocycles. The van der Waals surface area contributed by atoms with Crippen LogP contribution in [0.5, 0.6) is 11.5 Å². The fourth-order valence-corrected chi connectivity index (χ4v) is 6.61. The third-order valence-corrected chi connectivity index (χ3v) is 9.07. The minimum absolute atomic E-state index is 0.0359. The van der Waals surface area contributed by atoms with Crippen molar-refractivity contribution in [1.29, 1.82) is 0 Å². The Morgan fingerprint density at radius 2 is 1.61 bits per heavy atom. The zero-order chi connectivity index (χ0) is 29.0. The van der Waals surface area contributed by atoms with Gasteiger partial charge in [0.25, 0.3) is 5.91 Å². The third kappa shape index (κ3) is 6.23. The van der Waals surface area contributed by atoms with Crippen LogP contribution < -0.4 is 14.8 Å². The molecule has 0 saturated carbocycles. The van der Waals surface area contributed by atoms with Crippen molar-refractivity contribution in [1.82, 2.24) is 9.55 Å². The van der Waals surface area contributed by atoms with Gasteiger partial charge in [-0.15, -0.1) is 11.8 Å². The van der Waals surface area contributed by atoms with E-state index < -0.39 is 15.7 Å². The maximum Gasteiger partial charge on any atom is 0.267 e. The van der Waals surface area contributed by atoms with Crippen molar-refractivity contribution in [2.75, 3.05) is 25.8 Å². The zero-order valence-corrected chi connectivity index (χ0v) is 24.4. The Hall–Kier alpha value is -4.28. The number of carbonyl (C=O) groups is 1. The Morgan fingerprint density at radius 1 is 0.976 bits per heavy atom. The lowest BCUT2D eigenvalue weighted by atomic mass is 9.97. The van der Waals surface area contributed by atoms with E-state index in [4.69, 9.17) is 9.47 Å². The molecule has 41 heavy (non-hydrogen) atoms. The topological polar surface area (TPSA) is 99.5 Å². The number of anilines is 1. The molecule has 0 spiro atoms. The zero-order valence-electron chi connectivity index (χ0n) is 22.8. The molecule has 5 rings (SSSR count). The highest BCUT2D eigenvalue weighted by molar-refractivity contribution is 7.99. The number of nitrogens with zero attached hydrogens (tertiary/aromatic N) is 2. The van der Waals surface area contributed by atoms with E-state index in [0.717, 1.165) is 34.2 Å². The fraction of sp³-hybridized carbons (Fsp3) is 0.161. The third-order valence-electron chi connectivity index (χ3n) is 6.70. The van der Waals surface area contributed by atoms with Gasteiger partial charge in [0.05, 0.1) is 25.6 Å². The smallest absolute Gasteiger partial charge is 0.267 e. The maximum atomic E-state index is 13.4. The average Bonchev–Trinajstić information content (AvgIpc) is 3.58. The van der Waals surface area contributed by atoms with E-state index in [1.54, 1.807) is 44.3 Å². The molecule has 1 amide bonds. The first-order valence-electron chi connectivity index (χ1n) is 12.7. The molecule has 10 heteroatoms. The van der Waals surface area contributed by atoms with E-state index in [9.17, 15) is 13.2 Å². The molecule has 0 unspecified atom stereocenters. The van der Waals surface area contributed by atoms with Gasteiger partial charge in [0.2, 0.25) is 0 Å². The summed E-state index contributed by atoms with van der Waals surface area (Å²) >= 11 is 1.71. The minimum Gasteiger partial charge on any atom is -0.497 e. The van der Waals surface area contributed by atoms with Crippen molar-refractivity contribution in [2.24, 2.45) is 0 Å². The molecular weight excluding hydrogens is 558 g/mol. The van der Waals surface area contributed by atoms with Crippen LogP contribution in [0, 0.1) is 0 Å². The number of rotatable bonds is 9. The van der Waals surface area contributed by atoms with E-state index in [1.807, 2.05) is 73.1 Å². The Kier molecular flexibility index (Phi) is 8.32. The molecule has 1 atom stereocenters. The summed E-state index contributed by atoms with van der Waals surface area (Å²) in [6, 6.07) is 20.5. The molecule has 0 aliphatic carbocycles. The fourth-order valence-electron chi connectivity index (χ4n) is 4.59. The van der Waals surface area contributed by atoms with Gasteiger partial charge in [0, 0.05) is 36.2 Å². The molecule has 0 bridgehead atoms. The predicted molar refractivity (Wildman–Crippen MR) is 163 cm³/mol. The van der Waals surface area contributed by atoms with Gasteiger partial charge in [-0.05, 0) is 59.2 Å². The number of nitrogens with one attached hydrogen (secondary N) is 1. The molecule has 4 aromatic rings. The molecule has 2 aromatic carbocycles. The van der Waals surface area contributed by atoms with Crippen LogP contribution in [0.15, 0.2) is 102 Å². The number of aromatic nitrogens is 2. The van der Waals surface area contributed by atoms with Crippen molar-refractivity contribution in [3.8, 4) is 11.5 Å². The van der Waals surface area contributed by atoms with Crippen molar-refractivity contribution in [3.63, 3.8) is 0 Å². The summed E-state index contributed by atoms with van der Waals surface area (Å²) in [5.74, 6) is 1.35. The normalized spacial score (nSPS) is 14.7. The van der Waals surface area contributed by atoms with Gasteiger partial charge in [0.1, 0.15) is 21.8 Å². The van der Waals surface area contributed by atoms with Gasteiger partial charge in [-0.2, -0.15) is 0 Å². The van der Waals surface area contributed by atoms with Crippen LogP contribution in [0.2, 0.25) is 0 Å². The van der Waals surface area contributed by atoms with Gasteiger partial charge < -0.3 is 19.4 Å². The van der Waals surface area contributed by atoms with E-state index in [1.165, 1.54) is 6.08 Å². The van der Waals surface area contributed by atoms with Crippen LogP contribution >= 0.6 is 11.8 Å². The van der Waals surface area contributed by atoms with Crippen LogP contribution in [-0.2, 0) is 20.4 Å². The number of pyridine rings is 1. The largest absolute Gasteiger partial charge is 0.497 e. The molecule has 1 aliphatic heterocycles. The predicted octanol–water partition coefficient (Wildman–Crippen LogP) is 5.69. The number of sulfone groups is 1. The standard InChI is InChI=1S/C31H29N3O5S2/c1-38-24-10-6-21(7-11-24)26(22-8-12-25(39-2)13-9-22)14-15-29(41(3,36)37)30(35)33-27-16-18-34-28(27)20-40-31(34)23-5-4-17-32-19-23/h4-19,31H,20H2,1-3H3,(H,33,35)/t31-/m1/s1. The van der Waals surface area contributed by atoms with Gasteiger partial charge in [0.15, 0.2) is 9.84 Å². The van der Waals surface area contributed by atoms with Gasteiger partial charge >= 0.3 is 0 Å². The molecule has 1 N–H and O–H groups in total. The summed E-state index contributed by atoms with van der Waals surface area (Å²) in [7, 11) is -0.691. The number of hydrogen-bond donors (Lipinski definition) is 1. The molecule has 0 saturated heterocycles. The van der Waals surface area contributed by atoms with E-state index in [0.29, 0.717) is 22.9 Å². The van der Waals surface area contributed by atoms with Crippen molar-refractivity contribution in [2.45, 2.75) is 11.1 Å². The molecule has 210 valence electrons. The van der Waals surface area contributed by atoms with Crippen LogP contribution in [0.3, 0.4) is 0 Å². The van der Waals surface area contributed by atoms with Crippen molar-refractivity contribution in [3.05, 3.63) is 125 Å². The molecular formula is C31H29N3O5S2. The molecule has 1 aliphatic rings. The molecule has 0 radical (unpaired) electrons. The number of methoxy groups -OCH3 is 2. The maximum absolute atomic E-state index is 13.4. The summed E-state index contributed by atoms with van der Waals surface area (Å²) in [4.78, 5) is 17.3. The van der Waals surface area contributed by atoms with Crippen LogP contribution in [0.25, 0.3) is 5.57 Å². The van der Waals surface area contributed by atoms with Crippen molar-refractivity contribution < 1.29 is 22.7 Å². The Bertz CT molecular complexity index is 1660. The second kappa shape index (κ2) is 12.1. The summed E-state index contributed by atoms with van der Waals surface area (Å²) in [5.41, 5.74) is 4.92. The van der Waals surface area contributed by atoms with Gasteiger partial charge in [-0.1, -0.05) is 36.4 Å². The Labute approximate surface area is 243 Å². The lowest BCUT2D eigenvalue weighted by molar-refractivity contribution is -0.112. The molecule has 3 heterocycles. The van der Waals surface area contributed by atoms with Gasteiger partial charge in [-0.3, -0.25) is 9.78 Å². The quantitative estimate of drug-likeness (QED) is 0.198. The lowest BCUT2D eigenvalue weighted by Gasteiger charge is -2.12. The van der Waals surface area contributed by atoms with E-state index >= 15 is 0 Å². The second-order valence-electron chi connectivity index (χ2n) is 9.33. The summed E-state index contributed by atoms with van der Waals surface area (Å²) in [6.45, 7) is 0. The number of hydrogen-bond acceptors (Lipinski definition) is 7. The molecule has 8 nitrogen and oxygen atoms in total. The van der Waals surface area contributed by atoms with Crippen LogP contribution in [0.4, 0.5) is 5.69 Å². The van der Waals surface area contributed by atoms with E-state index in [2.05, 4.69) is 14.9 Å². The highest BCUT2D eigenvalue weighted by atomic mass is 32.2. The van der Waals surface area contributed by atoms with E-state index in [-0.39, 0.29) is 10.3 Å². The second-order valence-corrected chi connectivity index (χ2v) is 12.4. The van der Waals surface area contributed by atoms with Crippen LogP contribution in [-0.4, -0.2) is 44.4 Å². The average molecular weight is 588 g/mol. The number of thioether (sulfide) groups is 1. The number of benzene rings is 2. The van der Waals surface area contributed by atoms with Crippen molar-refractivity contribution >= 4 is 38.8 Å². The number of ether oxygens (including phenoxy) is 2. The first-order valence-corrected chi connectivity index (χ1v) is 15.7. The summed E-state index contributed by atoms with van der Waals surface area (Å²) < 4.78 is 38.3. The monoisotopic (exact) mass is 587 g/mol. The van der Waals surface area contributed by atoms with Gasteiger partial charge in [-0.25, -0.2) is 8.42 Å². The summed E-state index contributed by atoms with van der Waals surface area (Å²) in [6.07, 6.45) is 9.50. The molecule has 0 fully saturated rings. The highest BCUT2D eigenvalue weighted by Crippen LogP contribution is 2.43. The Balaban J connectivity index is 1.48.